The van der Waals surface area contributed by atoms with Crippen molar-refractivity contribution in [2.45, 2.75) is 19.0 Å². The minimum Gasteiger partial charge on any atom is -0.493 e. The summed E-state index contributed by atoms with van der Waals surface area (Å²) in [5, 5.41) is 12.0. The molecule has 2 aromatic carbocycles. The first-order valence-corrected chi connectivity index (χ1v) is 9.46. The lowest BCUT2D eigenvalue weighted by Crippen LogP contribution is -2.88. The van der Waals surface area contributed by atoms with Crippen molar-refractivity contribution in [3.8, 4) is 23.0 Å². The van der Waals surface area contributed by atoms with E-state index in [-0.39, 0.29) is 18.0 Å². The molecule has 2 aromatic rings. The molecule has 0 spiro atoms. The second-order valence-corrected chi connectivity index (χ2v) is 7.00. The van der Waals surface area contributed by atoms with Crippen LogP contribution in [0.5, 0.6) is 23.0 Å². The third kappa shape index (κ3) is 4.11. The lowest BCUT2D eigenvalue weighted by molar-refractivity contribution is -0.733. The fraction of sp³-hybridized carbons (Fsp3) is 0.364. The lowest BCUT2D eigenvalue weighted by Gasteiger charge is -2.32. The second kappa shape index (κ2) is 9.07. The van der Waals surface area contributed by atoms with Crippen LogP contribution in [0.4, 0.5) is 0 Å². The maximum atomic E-state index is 9.74. The Morgan fingerprint density at radius 3 is 1.83 bits per heavy atom. The van der Waals surface area contributed by atoms with Gasteiger partial charge >= 0.3 is 0 Å². The van der Waals surface area contributed by atoms with Crippen LogP contribution < -0.4 is 29.7 Å². The van der Waals surface area contributed by atoms with Crippen molar-refractivity contribution in [3.63, 3.8) is 0 Å². The van der Waals surface area contributed by atoms with Crippen LogP contribution in [-0.4, -0.2) is 33.6 Å². The number of methoxy groups -OCH3 is 4. The molecule has 0 saturated heterocycles. The minimum atomic E-state index is -0.0150. The predicted octanol–water partition coefficient (Wildman–Crippen LogP) is 2.58. The van der Waals surface area contributed by atoms with Crippen LogP contribution in [-0.2, 0) is 0 Å². The van der Waals surface area contributed by atoms with Crippen molar-refractivity contribution >= 4 is 0 Å². The summed E-state index contributed by atoms with van der Waals surface area (Å²) in [6, 6.07) is 11.8. The molecule has 3 atom stereocenters. The smallest absolute Gasteiger partial charge is 0.161 e. The molecule has 0 saturated carbocycles. The zero-order valence-corrected chi connectivity index (χ0v) is 17.4. The van der Waals surface area contributed by atoms with Gasteiger partial charge in [-0.15, -0.1) is 0 Å². The molecule has 156 valence electrons. The normalized spacial score (nSPS) is 21.2. The van der Waals surface area contributed by atoms with Gasteiger partial charge in [-0.25, -0.2) is 0 Å². The highest BCUT2D eigenvalue weighted by Gasteiger charge is 2.35. The van der Waals surface area contributed by atoms with E-state index in [1.165, 1.54) is 0 Å². The first-order chi connectivity index (χ1) is 14.1. The number of nitrogens with two attached hydrogens (primary N) is 1. The molecule has 4 N–H and O–H groups in total. The van der Waals surface area contributed by atoms with Gasteiger partial charge < -0.3 is 24.3 Å². The van der Waals surface area contributed by atoms with Gasteiger partial charge in [0.1, 0.15) is 12.1 Å². The van der Waals surface area contributed by atoms with Crippen molar-refractivity contribution in [2.24, 2.45) is 5.92 Å². The molecule has 0 fully saturated rings. The molecule has 7 heteroatoms. The summed E-state index contributed by atoms with van der Waals surface area (Å²) in [5.74, 6) is 2.79. The Morgan fingerprint density at radius 2 is 1.31 bits per heavy atom. The average molecular weight is 401 g/mol. The zero-order valence-electron chi connectivity index (χ0n) is 17.4. The molecule has 3 rings (SSSR count). The van der Waals surface area contributed by atoms with E-state index in [9.17, 15) is 5.21 Å². The highest BCUT2D eigenvalue weighted by molar-refractivity contribution is 5.46. The van der Waals surface area contributed by atoms with E-state index in [1.807, 2.05) is 42.5 Å². The number of hydrogen-bond acceptors (Lipinski definition) is 6. The number of hydrogen-bond donors (Lipinski definition) is 3. The molecule has 1 heterocycles. The molecular formula is C22H29N2O5+. The summed E-state index contributed by atoms with van der Waals surface area (Å²) < 4.78 is 21.6. The molecule has 0 amide bonds. The third-order valence-electron chi connectivity index (χ3n) is 5.52. The number of quaternary nitrogens is 1. The van der Waals surface area contributed by atoms with Gasteiger partial charge in [-0.2, -0.15) is 0 Å². The zero-order chi connectivity index (χ0) is 21.0. The van der Waals surface area contributed by atoms with Gasteiger partial charge in [0, 0.05) is 16.8 Å². The fourth-order valence-corrected chi connectivity index (χ4v) is 3.85. The Bertz CT molecular complexity index is 884. The van der Waals surface area contributed by atoms with E-state index in [0.717, 1.165) is 16.8 Å². The lowest BCUT2D eigenvalue weighted by atomic mass is 9.85. The topological polar surface area (TPSA) is 85.8 Å². The van der Waals surface area contributed by atoms with Crippen LogP contribution in [0.25, 0.3) is 0 Å². The first-order valence-electron chi connectivity index (χ1n) is 9.46. The van der Waals surface area contributed by atoms with Gasteiger partial charge in [0.2, 0.25) is 0 Å². The Morgan fingerprint density at radius 1 is 0.793 bits per heavy atom. The SMILES string of the molecule is COc1ccc([C@H]2C=C(NO)[C@@H](C)[C@H](c3ccc(OC)c(OC)c3)[NH2+]2)cc1OC. The monoisotopic (exact) mass is 401 g/mol. The van der Waals surface area contributed by atoms with Crippen LogP contribution >= 0.6 is 0 Å². The number of nitrogens with one attached hydrogen (secondary N) is 1. The van der Waals surface area contributed by atoms with Crippen molar-refractivity contribution in [1.29, 1.82) is 0 Å². The van der Waals surface area contributed by atoms with Crippen LogP contribution in [0.2, 0.25) is 0 Å². The highest BCUT2D eigenvalue weighted by atomic mass is 16.5. The number of benzene rings is 2. The standard InChI is InChI=1S/C22H28N2O5/c1-13-16(24-25)12-17(14-6-8-18(26-2)20(10-14)28-4)23-22(13)15-7-9-19(27-3)21(11-15)29-5/h6-13,17,22-25H,1-5H3/p+1/t13-,17-,22-/m1/s1. The van der Waals surface area contributed by atoms with Gasteiger partial charge in [-0.3, -0.25) is 10.7 Å². The van der Waals surface area contributed by atoms with Crippen molar-refractivity contribution < 1.29 is 29.5 Å². The van der Waals surface area contributed by atoms with Crippen LogP contribution in [0.1, 0.15) is 30.1 Å². The largest absolute Gasteiger partial charge is 0.493 e. The first kappa shape index (κ1) is 20.8. The van der Waals surface area contributed by atoms with Gasteiger partial charge in [0.15, 0.2) is 23.0 Å². The summed E-state index contributed by atoms with van der Waals surface area (Å²) in [4.78, 5) is 0. The Hall–Kier alpha value is -2.90. The third-order valence-corrected chi connectivity index (χ3v) is 5.52. The maximum Gasteiger partial charge on any atom is 0.161 e. The summed E-state index contributed by atoms with van der Waals surface area (Å²) in [6.45, 7) is 2.08. The summed E-state index contributed by atoms with van der Waals surface area (Å²) >= 11 is 0. The number of rotatable bonds is 7. The molecule has 0 aliphatic carbocycles. The molecule has 0 aromatic heterocycles. The summed E-state index contributed by atoms with van der Waals surface area (Å²) in [5.41, 5.74) is 5.29. The number of ether oxygens (including phenoxy) is 4. The second-order valence-electron chi connectivity index (χ2n) is 7.00. The molecule has 0 bridgehead atoms. The van der Waals surface area contributed by atoms with E-state index in [0.29, 0.717) is 23.0 Å². The predicted molar refractivity (Wildman–Crippen MR) is 109 cm³/mol. The van der Waals surface area contributed by atoms with E-state index in [2.05, 4.69) is 17.7 Å². The van der Waals surface area contributed by atoms with Gasteiger partial charge in [-0.1, -0.05) is 6.92 Å². The molecule has 29 heavy (non-hydrogen) atoms. The maximum absolute atomic E-state index is 9.74. The van der Waals surface area contributed by atoms with Crippen LogP contribution in [0.15, 0.2) is 48.2 Å². The number of hydroxylamine groups is 1. The van der Waals surface area contributed by atoms with Gasteiger partial charge in [0.25, 0.3) is 0 Å². The van der Waals surface area contributed by atoms with Crippen molar-refractivity contribution in [2.75, 3.05) is 28.4 Å². The highest BCUT2D eigenvalue weighted by Crippen LogP contribution is 2.36. The summed E-state index contributed by atoms with van der Waals surface area (Å²) in [6.07, 6.45) is 2.03. The van der Waals surface area contributed by atoms with Crippen molar-refractivity contribution in [1.82, 2.24) is 5.48 Å². The van der Waals surface area contributed by atoms with Gasteiger partial charge in [-0.05, 0) is 42.5 Å². The summed E-state index contributed by atoms with van der Waals surface area (Å²) in [7, 11) is 6.49. The minimum absolute atomic E-state index is 0.0150. The molecule has 0 unspecified atom stereocenters. The van der Waals surface area contributed by atoms with E-state index in [4.69, 9.17) is 18.9 Å². The molecular weight excluding hydrogens is 372 g/mol. The molecule has 0 radical (unpaired) electrons. The van der Waals surface area contributed by atoms with Crippen molar-refractivity contribution in [3.05, 3.63) is 59.3 Å². The van der Waals surface area contributed by atoms with Crippen LogP contribution in [0.3, 0.4) is 0 Å². The van der Waals surface area contributed by atoms with E-state index >= 15 is 0 Å². The van der Waals surface area contributed by atoms with E-state index < -0.39 is 0 Å². The Kier molecular flexibility index (Phi) is 6.51. The van der Waals surface area contributed by atoms with Crippen LogP contribution in [0, 0.1) is 5.92 Å². The fourth-order valence-electron chi connectivity index (χ4n) is 3.85. The molecule has 1 aliphatic rings. The average Bonchev–Trinajstić information content (AvgIpc) is 2.78. The molecule has 1 aliphatic heterocycles. The Labute approximate surface area is 171 Å². The van der Waals surface area contributed by atoms with E-state index in [1.54, 1.807) is 28.4 Å². The quantitative estimate of drug-likeness (QED) is 0.619. The Balaban J connectivity index is 1.99. The van der Waals surface area contributed by atoms with Gasteiger partial charge in [0.05, 0.1) is 34.4 Å². The molecule has 7 nitrogen and oxygen atoms in total.